The van der Waals surface area contributed by atoms with Crippen LogP contribution in [0.2, 0.25) is 0 Å². The third-order valence-corrected chi connectivity index (χ3v) is 3.17. The lowest BCUT2D eigenvalue weighted by molar-refractivity contribution is 0.0697. The topological polar surface area (TPSA) is 72.5 Å². The Labute approximate surface area is 123 Å². The standard InChI is InChI=1S/C14H11BrFNO3/c15-9-3-1-8(2-4-9)7-20-13-5-10(14(18)19)12(17)6-11(13)16/h1-6H,7,17H2,(H,18,19). The number of anilines is 1. The van der Waals surface area contributed by atoms with Crippen molar-refractivity contribution in [1.29, 1.82) is 0 Å². The van der Waals surface area contributed by atoms with Crippen LogP contribution in [0.4, 0.5) is 10.1 Å². The van der Waals surface area contributed by atoms with E-state index >= 15 is 0 Å². The highest BCUT2D eigenvalue weighted by molar-refractivity contribution is 9.10. The van der Waals surface area contributed by atoms with Crippen molar-refractivity contribution in [3.8, 4) is 5.75 Å². The summed E-state index contributed by atoms with van der Waals surface area (Å²) < 4.78 is 19.9. The van der Waals surface area contributed by atoms with Gasteiger partial charge in [-0.1, -0.05) is 28.1 Å². The van der Waals surface area contributed by atoms with Crippen LogP contribution in [0.5, 0.6) is 5.75 Å². The molecule has 0 radical (unpaired) electrons. The number of rotatable bonds is 4. The van der Waals surface area contributed by atoms with Crippen LogP contribution in [0.15, 0.2) is 40.9 Å². The van der Waals surface area contributed by atoms with Crippen molar-refractivity contribution in [2.24, 2.45) is 0 Å². The Kier molecular flexibility index (Phi) is 4.24. The minimum absolute atomic E-state index is 0.132. The molecule has 0 aliphatic heterocycles. The first kappa shape index (κ1) is 14.3. The van der Waals surface area contributed by atoms with E-state index < -0.39 is 11.8 Å². The zero-order valence-electron chi connectivity index (χ0n) is 10.3. The quantitative estimate of drug-likeness (QED) is 0.837. The number of nitrogens with two attached hydrogens (primary N) is 1. The fourth-order valence-electron chi connectivity index (χ4n) is 1.61. The van der Waals surface area contributed by atoms with Gasteiger partial charge in [-0.25, -0.2) is 9.18 Å². The smallest absolute Gasteiger partial charge is 0.337 e. The molecule has 2 aromatic rings. The number of carbonyl (C=O) groups is 1. The van der Waals surface area contributed by atoms with Gasteiger partial charge in [-0.05, 0) is 23.8 Å². The minimum atomic E-state index is -1.23. The summed E-state index contributed by atoms with van der Waals surface area (Å²) in [5.74, 6) is -2.06. The third kappa shape index (κ3) is 3.27. The van der Waals surface area contributed by atoms with Gasteiger partial charge in [0.2, 0.25) is 0 Å². The van der Waals surface area contributed by atoms with Crippen molar-refractivity contribution < 1.29 is 19.0 Å². The average Bonchev–Trinajstić information content (AvgIpc) is 2.39. The van der Waals surface area contributed by atoms with Gasteiger partial charge in [-0.2, -0.15) is 0 Å². The number of carboxylic acid groups (broad SMARTS) is 1. The first-order valence-corrected chi connectivity index (χ1v) is 6.46. The SMILES string of the molecule is Nc1cc(F)c(OCc2ccc(Br)cc2)cc1C(=O)O. The maximum Gasteiger partial charge on any atom is 0.337 e. The molecule has 0 saturated carbocycles. The average molecular weight is 340 g/mol. The van der Waals surface area contributed by atoms with Crippen LogP contribution in [0, 0.1) is 5.82 Å². The summed E-state index contributed by atoms with van der Waals surface area (Å²) >= 11 is 3.31. The molecule has 0 bridgehead atoms. The number of benzene rings is 2. The van der Waals surface area contributed by atoms with Crippen molar-refractivity contribution in [2.75, 3.05) is 5.73 Å². The largest absolute Gasteiger partial charge is 0.486 e. The predicted molar refractivity (Wildman–Crippen MR) is 76.2 cm³/mol. The van der Waals surface area contributed by atoms with Gasteiger partial charge in [-0.15, -0.1) is 0 Å². The molecule has 0 heterocycles. The molecular formula is C14H11BrFNO3. The van der Waals surface area contributed by atoms with E-state index in [4.69, 9.17) is 15.6 Å². The van der Waals surface area contributed by atoms with Crippen molar-refractivity contribution in [3.05, 3.63) is 57.8 Å². The molecule has 104 valence electrons. The summed E-state index contributed by atoms with van der Waals surface area (Å²) in [6, 6.07) is 9.34. The number of hydrogen-bond donors (Lipinski definition) is 2. The van der Waals surface area contributed by atoms with E-state index in [0.717, 1.165) is 22.2 Å². The Balaban J connectivity index is 2.18. The van der Waals surface area contributed by atoms with Crippen LogP contribution in [0.3, 0.4) is 0 Å². The number of carboxylic acids is 1. The Hall–Kier alpha value is -2.08. The first-order valence-electron chi connectivity index (χ1n) is 5.67. The maximum absolute atomic E-state index is 13.7. The zero-order chi connectivity index (χ0) is 14.7. The normalized spacial score (nSPS) is 10.3. The van der Waals surface area contributed by atoms with Gasteiger partial charge in [0.05, 0.1) is 5.56 Å². The Morgan fingerprint density at radius 3 is 2.55 bits per heavy atom. The lowest BCUT2D eigenvalue weighted by atomic mass is 10.1. The van der Waals surface area contributed by atoms with Gasteiger partial charge in [-0.3, -0.25) is 0 Å². The fraction of sp³-hybridized carbons (Fsp3) is 0.0714. The Morgan fingerprint density at radius 1 is 1.30 bits per heavy atom. The summed E-state index contributed by atoms with van der Waals surface area (Å²) in [6.45, 7) is 0.132. The van der Waals surface area contributed by atoms with Crippen LogP contribution in [-0.2, 0) is 6.61 Å². The Bertz CT molecular complexity index is 644. The highest BCUT2D eigenvalue weighted by Gasteiger charge is 2.14. The molecule has 0 saturated heterocycles. The van der Waals surface area contributed by atoms with E-state index in [1.807, 2.05) is 24.3 Å². The van der Waals surface area contributed by atoms with E-state index in [2.05, 4.69) is 15.9 Å². The summed E-state index contributed by atoms with van der Waals surface area (Å²) in [4.78, 5) is 10.9. The van der Waals surface area contributed by atoms with Crippen LogP contribution < -0.4 is 10.5 Å². The summed E-state index contributed by atoms with van der Waals surface area (Å²) in [5, 5.41) is 8.93. The minimum Gasteiger partial charge on any atom is -0.486 e. The van der Waals surface area contributed by atoms with Crippen LogP contribution in [0.1, 0.15) is 15.9 Å². The highest BCUT2D eigenvalue weighted by Crippen LogP contribution is 2.25. The van der Waals surface area contributed by atoms with Gasteiger partial charge in [0.1, 0.15) is 6.61 Å². The third-order valence-electron chi connectivity index (χ3n) is 2.64. The molecule has 2 rings (SSSR count). The second-order valence-corrected chi connectivity index (χ2v) is 5.01. The number of ether oxygens (including phenoxy) is 1. The molecule has 0 fully saturated rings. The Morgan fingerprint density at radius 2 is 1.95 bits per heavy atom. The van der Waals surface area contributed by atoms with Gasteiger partial charge in [0, 0.05) is 16.2 Å². The molecular weight excluding hydrogens is 329 g/mol. The lowest BCUT2D eigenvalue weighted by Crippen LogP contribution is -2.05. The molecule has 6 heteroatoms. The summed E-state index contributed by atoms with van der Waals surface area (Å²) in [5.41, 5.74) is 5.95. The van der Waals surface area contributed by atoms with E-state index in [0.29, 0.717) is 0 Å². The summed E-state index contributed by atoms with van der Waals surface area (Å²) in [6.07, 6.45) is 0. The van der Waals surface area contributed by atoms with Gasteiger partial charge in [0.15, 0.2) is 11.6 Å². The van der Waals surface area contributed by atoms with Gasteiger partial charge >= 0.3 is 5.97 Å². The molecule has 20 heavy (non-hydrogen) atoms. The number of nitrogen functional groups attached to an aromatic ring is 1. The predicted octanol–water partition coefficient (Wildman–Crippen LogP) is 3.45. The molecule has 2 aromatic carbocycles. The summed E-state index contributed by atoms with van der Waals surface area (Å²) in [7, 11) is 0. The van der Waals surface area contributed by atoms with E-state index in [9.17, 15) is 9.18 Å². The maximum atomic E-state index is 13.7. The first-order chi connectivity index (χ1) is 9.47. The monoisotopic (exact) mass is 339 g/mol. The van der Waals surface area contributed by atoms with Gasteiger partial charge < -0.3 is 15.6 Å². The second kappa shape index (κ2) is 5.92. The van der Waals surface area contributed by atoms with Crippen molar-refractivity contribution in [1.82, 2.24) is 0 Å². The van der Waals surface area contributed by atoms with Crippen LogP contribution in [-0.4, -0.2) is 11.1 Å². The lowest BCUT2D eigenvalue weighted by Gasteiger charge is -2.10. The van der Waals surface area contributed by atoms with Crippen LogP contribution >= 0.6 is 15.9 Å². The molecule has 3 N–H and O–H groups in total. The molecule has 0 spiro atoms. The van der Waals surface area contributed by atoms with Gasteiger partial charge in [0.25, 0.3) is 0 Å². The molecule has 0 aromatic heterocycles. The number of halogens is 2. The fourth-order valence-corrected chi connectivity index (χ4v) is 1.87. The van der Waals surface area contributed by atoms with Crippen molar-refractivity contribution in [3.63, 3.8) is 0 Å². The van der Waals surface area contributed by atoms with E-state index in [1.54, 1.807) is 0 Å². The zero-order valence-corrected chi connectivity index (χ0v) is 11.9. The molecule has 0 aliphatic carbocycles. The van der Waals surface area contributed by atoms with Crippen LogP contribution in [0.25, 0.3) is 0 Å². The van der Waals surface area contributed by atoms with E-state index in [-0.39, 0.29) is 23.6 Å². The number of aromatic carboxylic acids is 1. The second-order valence-electron chi connectivity index (χ2n) is 4.09. The molecule has 0 atom stereocenters. The van der Waals surface area contributed by atoms with E-state index in [1.165, 1.54) is 0 Å². The number of hydrogen-bond acceptors (Lipinski definition) is 3. The molecule has 0 amide bonds. The molecule has 4 nitrogen and oxygen atoms in total. The molecule has 0 aliphatic rings. The van der Waals surface area contributed by atoms with Crippen molar-refractivity contribution >= 4 is 27.6 Å². The molecule has 0 unspecified atom stereocenters. The van der Waals surface area contributed by atoms with Crippen molar-refractivity contribution in [2.45, 2.75) is 6.61 Å². The highest BCUT2D eigenvalue weighted by atomic mass is 79.9.